The highest BCUT2D eigenvalue weighted by Crippen LogP contribution is 2.45. The first-order valence-electron chi connectivity index (χ1n) is 7.14. The molecule has 3 aliphatic rings. The van der Waals surface area contributed by atoms with Gasteiger partial charge in [-0.05, 0) is 0 Å². The van der Waals surface area contributed by atoms with E-state index in [1.54, 1.807) is 0 Å². The normalized spacial score (nSPS) is 56.2. The molecule has 1 unspecified atom stereocenters. The van der Waals surface area contributed by atoms with Crippen molar-refractivity contribution in [3.8, 4) is 0 Å². The fourth-order valence-corrected chi connectivity index (χ4v) is 2.79. The van der Waals surface area contributed by atoms with Gasteiger partial charge >= 0.3 is 0 Å². The summed E-state index contributed by atoms with van der Waals surface area (Å²) in [5.41, 5.74) is 0. The van der Waals surface area contributed by atoms with Crippen molar-refractivity contribution in [1.82, 2.24) is 0 Å². The largest absolute Gasteiger partial charge is 0.394 e. The summed E-state index contributed by atoms with van der Waals surface area (Å²) in [6.07, 6.45) is -12.8. The van der Waals surface area contributed by atoms with Crippen molar-refractivity contribution < 1.29 is 54.7 Å². The predicted molar refractivity (Wildman–Crippen MR) is 66.4 cm³/mol. The maximum atomic E-state index is 10.1. The molecule has 0 amide bonds. The molecule has 0 radical (unpaired) electrons. The molecule has 3 heterocycles. The van der Waals surface area contributed by atoms with Crippen molar-refractivity contribution in [2.75, 3.05) is 13.2 Å². The van der Waals surface area contributed by atoms with Gasteiger partial charge in [-0.15, -0.1) is 0 Å². The molecule has 0 saturated carbocycles. The van der Waals surface area contributed by atoms with Gasteiger partial charge in [-0.2, -0.15) is 0 Å². The van der Waals surface area contributed by atoms with Gasteiger partial charge < -0.3 is 54.7 Å². The maximum Gasteiger partial charge on any atom is 0.250 e. The summed E-state index contributed by atoms with van der Waals surface area (Å²) in [7, 11) is 0. The zero-order valence-corrected chi connectivity index (χ0v) is 11.9. The Balaban J connectivity index is 1.73. The van der Waals surface area contributed by atoms with E-state index in [1.165, 1.54) is 0 Å². The summed E-state index contributed by atoms with van der Waals surface area (Å²) in [5, 5.41) is 67.8. The number of ether oxygens (including phenoxy) is 4. The van der Waals surface area contributed by atoms with Crippen LogP contribution in [0.5, 0.6) is 0 Å². The zero-order valence-electron chi connectivity index (χ0n) is 11.9. The number of hydrogen-bond donors (Lipinski definition) is 7. The van der Waals surface area contributed by atoms with Crippen molar-refractivity contribution in [3.63, 3.8) is 0 Å². The fraction of sp³-hybridized carbons (Fsp3) is 1.00. The first-order valence-corrected chi connectivity index (χ1v) is 7.14. The number of rotatable bonds is 4. The van der Waals surface area contributed by atoms with Crippen molar-refractivity contribution in [2.24, 2.45) is 0 Å². The smallest absolute Gasteiger partial charge is 0.250 e. The maximum absolute atomic E-state index is 10.1. The van der Waals surface area contributed by atoms with Crippen molar-refractivity contribution >= 4 is 0 Å². The molecule has 3 aliphatic heterocycles. The van der Waals surface area contributed by atoms with Crippen LogP contribution in [0.4, 0.5) is 0 Å². The van der Waals surface area contributed by atoms with Crippen LogP contribution in [-0.2, 0) is 18.9 Å². The van der Waals surface area contributed by atoms with Crippen LogP contribution in [0.3, 0.4) is 0 Å². The number of aliphatic hydroxyl groups excluding tert-OH is 6. The van der Waals surface area contributed by atoms with E-state index in [9.17, 15) is 30.6 Å². The Labute approximate surface area is 130 Å². The second-order valence-corrected chi connectivity index (χ2v) is 5.80. The van der Waals surface area contributed by atoms with Gasteiger partial charge in [0.05, 0.1) is 13.2 Å². The van der Waals surface area contributed by atoms with Crippen LogP contribution < -0.4 is 0 Å². The molecule has 23 heavy (non-hydrogen) atoms. The molecule has 3 rings (SSSR count). The average Bonchev–Trinajstić information content (AvgIpc) is 3.22. The average molecular weight is 340 g/mol. The quantitative estimate of drug-likeness (QED) is 0.243. The second-order valence-electron chi connectivity index (χ2n) is 5.80. The van der Waals surface area contributed by atoms with Gasteiger partial charge in [-0.25, -0.2) is 0 Å². The lowest BCUT2D eigenvalue weighted by Crippen LogP contribution is -2.63. The molecule has 0 aromatic heterocycles. The number of aliphatic hydroxyl groups is 7. The van der Waals surface area contributed by atoms with Gasteiger partial charge in [-0.3, -0.25) is 0 Å². The molecule has 3 saturated heterocycles. The van der Waals surface area contributed by atoms with Crippen LogP contribution in [0, 0.1) is 0 Å². The lowest BCUT2D eigenvalue weighted by atomic mass is 9.97. The van der Waals surface area contributed by atoms with E-state index in [-0.39, 0.29) is 0 Å². The minimum atomic E-state index is -1.98. The van der Waals surface area contributed by atoms with Crippen LogP contribution in [0.2, 0.25) is 0 Å². The van der Waals surface area contributed by atoms with E-state index in [0.717, 1.165) is 0 Å². The van der Waals surface area contributed by atoms with Gasteiger partial charge in [-0.1, -0.05) is 0 Å². The summed E-state index contributed by atoms with van der Waals surface area (Å²) in [4.78, 5) is 0. The Hall–Kier alpha value is -0.440. The molecule has 0 aliphatic carbocycles. The molecule has 3 fully saturated rings. The zero-order chi connectivity index (χ0) is 16.9. The summed E-state index contributed by atoms with van der Waals surface area (Å²) < 4.78 is 20.5. The third-order valence-electron chi connectivity index (χ3n) is 4.30. The van der Waals surface area contributed by atoms with E-state index < -0.39 is 74.3 Å². The van der Waals surface area contributed by atoms with Gasteiger partial charge in [0.15, 0.2) is 6.29 Å². The molecule has 11 nitrogen and oxygen atoms in total. The molecule has 11 heteroatoms. The third-order valence-corrected chi connectivity index (χ3v) is 4.30. The molecular weight excluding hydrogens is 320 g/mol. The number of epoxide rings is 1. The van der Waals surface area contributed by atoms with Crippen LogP contribution in [0.1, 0.15) is 0 Å². The highest BCUT2D eigenvalue weighted by molar-refractivity contribution is 5.04. The summed E-state index contributed by atoms with van der Waals surface area (Å²) in [5.74, 6) is -1.98. The summed E-state index contributed by atoms with van der Waals surface area (Å²) >= 11 is 0. The van der Waals surface area contributed by atoms with Gasteiger partial charge in [0, 0.05) is 0 Å². The standard InChI is InChI=1S/C12H20O11/c13-1-3-5(15)6(16)7(17)10(20-3)22-8-4(2-14)21-11-12(19,23-11)9(8)18/h3-11,13-19H,1-2H2/t3-,4-,5+,6+,7-,8-,9+,10+,11?,12+/m1/s1. The van der Waals surface area contributed by atoms with Crippen LogP contribution in [-0.4, -0.2) is 110 Å². The Kier molecular flexibility index (Phi) is 4.63. The Morgan fingerprint density at radius 3 is 2.13 bits per heavy atom. The molecule has 7 N–H and O–H groups in total. The van der Waals surface area contributed by atoms with E-state index in [1.807, 2.05) is 0 Å². The first kappa shape index (κ1) is 17.4. The predicted octanol–water partition coefficient (Wildman–Crippen LogP) is -5.03. The lowest BCUT2D eigenvalue weighted by molar-refractivity contribution is -0.337. The van der Waals surface area contributed by atoms with E-state index >= 15 is 0 Å². The van der Waals surface area contributed by atoms with E-state index in [0.29, 0.717) is 0 Å². The van der Waals surface area contributed by atoms with E-state index in [2.05, 4.69) is 0 Å². The van der Waals surface area contributed by atoms with E-state index in [4.69, 9.17) is 24.1 Å². The fourth-order valence-electron chi connectivity index (χ4n) is 2.79. The second kappa shape index (κ2) is 6.13. The number of hydrogen-bond acceptors (Lipinski definition) is 11. The van der Waals surface area contributed by atoms with Crippen LogP contribution in [0.15, 0.2) is 0 Å². The molecule has 10 atom stereocenters. The molecular formula is C12H20O11. The van der Waals surface area contributed by atoms with Crippen LogP contribution >= 0.6 is 0 Å². The topological polar surface area (TPSA) is 182 Å². The number of fused-ring (bicyclic) bond motifs is 1. The Morgan fingerprint density at radius 1 is 0.870 bits per heavy atom. The molecule has 0 bridgehead atoms. The monoisotopic (exact) mass is 340 g/mol. The van der Waals surface area contributed by atoms with Gasteiger partial charge in [0.25, 0.3) is 0 Å². The minimum Gasteiger partial charge on any atom is -0.394 e. The highest BCUT2D eigenvalue weighted by Gasteiger charge is 2.70. The molecule has 0 aromatic carbocycles. The Morgan fingerprint density at radius 2 is 1.52 bits per heavy atom. The third kappa shape index (κ3) is 2.77. The molecule has 0 aromatic rings. The summed E-state index contributed by atoms with van der Waals surface area (Å²) in [6, 6.07) is 0. The molecule has 134 valence electrons. The van der Waals surface area contributed by atoms with Crippen molar-refractivity contribution in [3.05, 3.63) is 0 Å². The minimum absolute atomic E-state index is 0.574. The first-order chi connectivity index (χ1) is 10.8. The van der Waals surface area contributed by atoms with Crippen LogP contribution in [0.25, 0.3) is 0 Å². The van der Waals surface area contributed by atoms with Gasteiger partial charge in [0.1, 0.15) is 42.7 Å². The lowest BCUT2D eigenvalue weighted by Gasteiger charge is -2.43. The Bertz CT molecular complexity index is 433. The SMILES string of the molecule is OC[C@H]1O[C@@H](O[C@@H]2[C@@H](CO)OC3O[C@@]3(O)[C@H]2O)[C@H](O)[C@@H](O)[C@H]1O. The molecule has 0 spiro atoms. The van der Waals surface area contributed by atoms with Crippen molar-refractivity contribution in [1.29, 1.82) is 0 Å². The summed E-state index contributed by atoms with van der Waals surface area (Å²) in [6.45, 7) is -1.22. The highest BCUT2D eigenvalue weighted by atomic mass is 16.9. The van der Waals surface area contributed by atoms with Crippen molar-refractivity contribution in [2.45, 2.75) is 61.1 Å². The van der Waals surface area contributed by atoms with Gasteiger partial charge in [0.2, 0.25) is 12.1 Å².